The lowest BCUT2D eigenvalue weighted by molar-refractivity contribution is 0.0785. The van der Waals surface area contributed by atoms with Gasteiger partial charge in [0.1, 0.15) is 11.5 Å². The Morgan fingerprint density at radius 2 is 1.89 bits per heavy atom. The Hall–Kier alpha value is -3.25. The van der Waals surface area contributed by atoms with E-state index in [1.165, 1.54) is 29.3 Å². The van der Waals surface area contributed by atoms with Crippen LogP contribution in [0.1, 0.15) is 26.4 Å². The molecule has 2 amide bonds. The van der Waals surface area contributed by atoms with Crippen molar-refractivity contribution in [2.75, 3.05) is 12.4 Å². The first-order valence-corrected chi connectivity index (χ1v) is 8.84. The number of nitrogens with zero attached hydrogens (tertiary/aromatic N) is 2. The van der Waals surface area contributed by atoms with Crippen LogP contribution in [0.4, 0.5) is 10.1 Å². The molecule has 2 aromatic carbocycles. The number of para-hydroxylation sites is 1. The van der Waals surface area contributed by atoms with Gasteiger partial charge in [0.05, 0.1) is 10.7 Å². The molecule has 7 heteroatoms. The first kappa shape index (κ1) is 19.5. The summed E-state index contributed by atoms with van der Waals surface area (Å²) in [5.41, 5.74) is 1.53. The third kappa shape index (κ3) is 4.53. The van der Waals surface area contributed by atoms with Crippen molar-refractivity contribution in [2.45, 2.75) is 6.54 Å². The summed E-state index contributed by atoms with van der Waals surface area (Å²) in [5.74, 6) is -1.24. The molecule has 0 spiro atoms. The maximum atomic E-state index is 13.4. The molecule has 3 rings (SSSR count). The Bertz CT molecular complexity index is 1010. The maximum absolute atomic E-state index is 13.4. The number of benzene rings is 2. The molecule has 28 heavy (non-hydrogen) atoms. The fourth-order valence-corrected chi connectivity index (χ4v) is 2.93. The first-order chi connectivity index (χ1) is 13.5. The molecule has 0 fully saturated rings. The molecule has 142 valence electrons. The van der Waals surface area contributed by atoms with E-state index in [1.54, 1.807) is 49.5 Å². The zero-order valence-electron chi connectivity index (χ0n) is 15.0. The number of carbonyl (C=O) groups is 2. The zero-order valence-corrected chi connectivity index (χ0v) is 15.8. The number of aromatic nitrogens is 1. The van der Waals surface area contributed by atoms with Crippen molar-refractivity contribution in [3.8, 4) is 0 Å². The van der Waals surface area contributed by atoms with Gasteiger partial charge in [0, 0.05) is 25.4 Å². The number of rotatable bonds is 5. The summed E-state index contributed by atoms with van der Waals surface area (Å²) in [7, 11) is 1.60. The van der Waals surface area contributed by atoms with Gasteiger partial charge in [-0.1, -0.05) is 35.9 Å². The van der Waals surface area contributed by atoms with Crippen LogP contribution in [0.5, 0.6) is 0 Å². The van der Waals surface area contributed by atoms with Crippen molar-refractivity contribution in [1.29, 1.82) is 0 Å². The maximum Gasteiger partial charge on any atom is 0.274 e. The molecule has 0 radical (unpaired) electrons. The van der Waals surface area contributed by atoms with Gasteiger partial charge in [-0.15, -0.1) is 0 Å². The molecule has 0 aliphatic heterocycles. The van der Waals surface area contributed by atoms with E-state index in [-0.39, 0.29) is 23.7 Å². The van der Waals surface area contributed by atoms with E-state index in [4.69, 9.17) is 11.6 Å². The Kier molecular flexibility index (Phi) is 6.01. The largest absolute Gasteiger partial charge is 0.337 e. The standard InChI is InChI=1S/C21H17ClFN3O2/c1-26(21(28)14-6-4-8-16(23)12-14)13-15-7-5-9-17(22)19(15)25-20(27)18-10-2-3-11-24-18/h2-12H,13H2,1H3,(H,25,27). The molecule has 0 bridgehead atoms. The minimum atomic E-state index is -0.481. The molecule has 0 aliphatic rings. The molecule has 0 aliphatic carbocycles. The van der Waals surface area contributed by atoms with Gasteiger partial charge in [0.25, 0.3) is 11.8 Å². The average Bonchev–Trinajstić information content (AvgIpc) is 2.70. The highest BCUT2D eigenvalue weighted by Crippen LogP contribution is 2.27. The van der Waals surface area contributed by atoms with E-state index < -0.39 is 11.7 Å². The highest BCUT2D eigenvalue weighted by atomic mass is 35.5. The summed E-state index contributed by atoms with van der Waals surface area (Å²) in [4.78, 5) is 30.5. The van der Waals surface area contributed by atoms with Crippen LogP contribution in [0.2, 0.25) is 5.02 Å². The molecule has 0 unspecified atom stereocenters. The predicted octanol–water partition coefficient (Wildman–Crippen LogP) is 4.40. The first-order valence-electron chi connectivity index (χ1n) is 8.46. The Labute approximate surface area is 166 Å². The quantitative estimate of drug-likeness (QED) is 0.694. The normalized spacial score (nSPS) is 10.4. The third-order valence-corrected chi connectivity index (χ3v) is 4.38. The summed E-state index contributed by atoms with van der Waals surface area (Å²) in [6.07, 6.45) is 1.52. The van der Waals surface area contributed by atoms with Crippen LogP contribution in [0.3, 0.4) is 0 Å². The number of anilines is 1. The SMILES string of the molecule is CN(Cc1cccc(Cl)c1NC(=O)c1ccccn1)C(=O)c1cccc(F)c1. The number of halogens is 2. The van der Waals surface area contributed by atoms with Crippen molar-refractivity contribution >= 4 is 29.1 Å². The lowest BCUT2D eigenvalue weighted by Crippen LogP contribution is -2.27. The van der Waals surface area contributed by atoms with Crippen LogP contribution in [0, 0.1) is 5.82 Å². The molecule has 1 aromatic heterocycles. The highest BCUT2D eigenvalue weighted by molar-refractivity contribution is 6.34. The van der Waals surface area contributed by atoms with Gasteiger partial charge < -0.3 is 10.2 Å². The van der Waals surface area contributed by atoms with E-state index in [0.29, 0.717) is 16.3 Å². The average molecular weight is 398 g/mol. The molecule has 5 nitrogen and oxygen atoms in total. The summed E-state index contributed by atoms with van der Waals surface area (Å²) in [6, 6.07) is 15.6. The van der Waals surface area contributed by atoms with Crippen LogP contribution in [-0.2, 0) is 6.54 Å². The minimum absolute atomic E-state index is 0.174. The van der Waals surface area contributed by atoms with Gasteiger partial charge in [-0.3, -0.25) is 14.6 Å². The molecule has 3 aromatic rings. The number of carbonyl (C=O) groups excluding carboxylic acids is 2. The molecule has 0 saturated heterocycles. The minimum Gasteiger partial charge on any atom is -0.337 e. The topological polar surface area (TPSA) is 62.3 Å². The van der Waals surface area contributed by atoms with Crippen LogP contribution in [0.15, 0.2) is 66.9 Å². The van der Waals surface area contributed by atoms with Gasteiger partial charge in [-0.25, -0.2) is 4.39 Å². The van der Waals surface area contributed by atoms with Crippen molar-refractivity contribution < 1.29 is 14.0 Å². The third-order valence-electron chi connectivity index (χ3n) is 4.06. The van der Waals surface area contributed by atoms with Crippen LogP contribution in [0.25, 0.3) is 0 Å². The number of hydrogen-bond acceptors (Lipinski definition) is 3. The highest BCUT2D eigenvalue weighted by Gasteiger charge is 2.17. The summed E-state index contributed by atoms with van der Waals surface area (Å²) in [5, 5.41) is 3.10. The van der Waals surface area contributed by atoms with E-state index in [2.05, 4.69) is 10.3 Å². The molecule has 0 atom stereocenters. The number of pyridine rings is 1. The van der Waals surface area contributed by atoms with E-state index >= 15 is 0 Å². The van der Waals surface area contributed by atoms with Crippen molar-refractivity contribution in [2.24, 2.45) is 0 Å². The zero-order chi connectivity index (χ0) is 20.1. The Morgan fingerprint density at radius 1 is 1.11 bits per heavy atom. The second-order valence-electron chi connectivity index (χ2n) is 6.11. The summed E-state index contributed by atoms with van der Waals surface area (Å²) < 4.78 is 13.4. The Balaban J connectivity index is 1.81. The lowest BCUT2D eigenvalue weighted by atomic mass is 10.1. The van der Waals surface area contributed by atoms with Crippen molar-refractivity contribution in [1.82, 2.24) is 9.88 Å². The van der Waals surface area contributed by atoms with E-state index in [0.717, 1.165) is 0 Å². The molecule has 1 N–H and O–H groups in total. The number of amides is 2. The van der Waals surface area contributed by atoms with Crippen molar-refractivity contribution in [3.05, 3.63) is 94.5 Å². The smallest absolute Gasteiger partial charge is 0.274 e. The Morgan fingerprint density at radius 3 is 2.61 bits per heavy atom. The van der Waals surface area contributed by atoms with Gasteiger partial charge in [-0.05, 0) is 42.0 Å². The second kappa shape index (κ2) is 8.63. The van der Waals surface area contributed by atoms with Crippen molar-refractivity contribution in [3.63, 3.8) is 0 Å². The molecule has 1 heterocycles. The number of hydrogen-bond donors (Lipinski definition) is 1. The second-order valence-corrected chi connectivity index (χ2v) is 6.52. The van der Waals surface area contributed by atoms with Gasteiger partial charge in [0.15, 0.2) is 0 Å². The molecule has 0 saturated carbocycles. The molecular formula is C21H17ClFN3O2. The monoisotopic (exact) mass is 397 g/mol. The molecular weight excluding hydrogens is 381 g/mol. The number of nitrogens with one attached hydrogen (secondary N) is 1. The van der Waals surface area contributed by atoms with Gasteiger partial charge in [0.2, 0.25) is 0 Å². The predicted molar refractivity (Wildman–Crippen MR) is 106 cm³/mol. The van der Waals surface area contributed by atoms with Crippen LogP contribution >= 0.6 is 11.6 Å². The lowest BCUT2D eigenvalue weighted by Gasteiger charge is -2.20. The van der Waals surface area contributed by atoms with Gasteiger partial charge in [-0.2, -0.15) is 0 Å². The van der Waals surface area contributed by atoms with Crippen LogP contribution < -0.4 is 5.32 Å². The summed E-state index contributed by atoms with van der Waals surface area (Å²) in [6.45, 7) is 0.174. The summed E-state index contributed by atoms with van der Waals surface area (Å²) >= 11 is 6.27. The fraction of sp³-hybridized carbons (Fsp3) is 0.0952. The van der Waals surface area contributed by atoms with E-state index in [1.807, 2.05) is 0 Å². The van der Waals surface area contributed by atoms with Gasteiger partial charge >= 0.3 is 0 Å². The van der Waals surface area contributed by atoms with Crippen LogP contribution in [-0.4, -0.2) is 28.7 Å². The van der Waals surface area contributed by atoms with E-state index in [9.17, 15) is 14.0 Å². The fourth-order valence-electron chi connectivity index (χ4n) is 2.68.